The number of aryl methyl sites for hydroxylation is 1. The molecule has 0 fully saturated rings. The lowest BCUT2D eigenvalue weighted by Gasteiger charge is -2.14. The number of aromatic nitrogens is 2. The second-order valence-corrected chi connectivity index (χ2v) is 4.49. The zero-order valence-electron chi connectivity index (χ0n) is 9.27. The van der Waals surface area contributed by atoms with Crippen LogP contribution in [0.25, 0.3) is 0 Å². The maximum absolute atomic E-state index is 13.0. The van der Waals surface area contributed by atoms with Gasteiger partial charge < -0.3 is 9.67 Å². The minimum absolute atomic E-state index is 0.341. The van der Waals surface area contributed by atoms with Crippen LogP contribution in [-0.4, -0.2) is 14.7 Å². The summed E-state index contributed by atoms with van der Waals surface area (Å²) in [6.07, 6.45) is 2.58. The minimum Gasteiger partial charge on any atom is -0.380 e. The van der Waals surface area contributed by atoms with Crippen molar-refractivity contribution in [2.24, 2.45) is 0 Å². The number of halogens is 2. The summed E-state index contributed by atoms with van der Waals surface area (Å²) >= 11 is 3.24. The zero-order chi connectivity index (χ0) is 12.4. The second-order valence-electron chi connectivity index (χ2n) is 3.64. The third-order valence-electron chi connectivity index (χ3n) is 2.59. The predicted octanol–water partition coefficient (Wildman–Crippen LogP) is 2.89. The molecule has 0 amide bonds. The molecule has 2 aromatic rings. The third-order valence-corrected chi connectivity index (χ3v) is 3.28. The Morgan fingerprint density at radius 1 is 1.53 bits per heavy atom. The van der Waals surface area contributed by atoms with E-state index < -0.39 is 6.10 Å². The number of hydrogen-bond donors (Lipinski definition) is 1. The Hall–Kier alpha value is -1.20. The predicted molar refractivity (Wildman–Crippen MR) is 66.1 cm³/mol. The van der Waals surface area contributed by atoms with Crippen molar-refractivity contribution in [3.8, 4) is 0 Å². The number of benzene rings is 1. The highest BCUT2D eigenvalue weighted by molar-refractivity contribution is 9.10. The smallest absolute Gasteiger partial charge is 0.142 e. The molecule has 1 aromatic carbocycles. The molecule has 1 N–H and O–H groups in total. The van der Waals surface area contributed by atoms with E-state index in [0.29, 0.717) is 15.9 Å². The Morgan fingerprint density at radius 2 is 2.29 bits per heavy atom. The van der Waals surface area contributed by atoms with Gasteiger partial charge in [-0.25, -0.2) is 9.37 Å². The molecule has 2 rings (SSSR count). The van der Waals surface area contributed by atoms with Crippen molar-refractivity contribution in [2.75, 3.05) is 0 Å². The van der Waals surface area contributed by atoms with Gasteiger partial charge in [-0.1, -0.05) is 22.0 Å². The maximum atomic E-state index is 13.0. The van der Waals surface area contributed by atoms with Crippen molar-refractivity contribution in [2.45, 2.75) is 19.6 Å². The van der Waals surface area contributed by atoms with Crippen LogP contribution in [0.1, 0.15) is 24.4 Å². The average molecular weight is 299 g/mol. The molecule has 0 saturated heterocycles. The van der Waals surface area contributed by atoms with E-state index in [1.54, 1.807) is 18.5 Å². The van der Waals surface area contributed by atoms with Crippen molar-refractivity contribution in [1.82, 2.24) is 9.55 Å². The van der Waals surface area contributed by atoms with E-state index in [1.165, 1.54) is 12.1 Å². The van der Waals surface area contributed by atoms with Crippen molar-refractivity contribution >= 4 is 15.9 Å². The quantitative estimate of drug-likeness (QED) is 0.946. The van der Waals surface area contributed by atoms with Gasteiger partial charge in [0.1, 0.15) is 17.7 Å². The number of hydrogen-bond acceptors (Lipinski definition) is 2. The van der Waals surface area contributed by atoms with Gasteiger partial charge in [-0.2, -0.15) is 0 Å². The minimum atomic E-state index is -0.861. The summed E-state index contributed by atoms with van der Waals surface area (Å²) in [6.45, 7) is 2.70. The Labute approximate surface area is 107 Å². The lowest BCUT2D eigenvalue weighted by molar-refractivity contribution is 0.204. The summed E-state index contributed by atoms with van der Waals surface area (Å²) in [4.78, 5) is 4.13. The average Bonchev–Trinajstić information content (AvgIpc) is 2.76. The normalized spacial score (nSPS) is 12.7. The van der Waals surface area contributed by atoms with Gasteiger partial charge in [0.2, 0.25) is 0 Å². The van der Waals surface area contributed by atoms with Gasteiger partial charge in [-0.15, -0.1) is 0 Å². The third kappa shape index (κ3) is 2.40. The van der Waals surface area contributed by atoms with Crippen LogP contribution in [0, 0.1) is 5.82 Å². The standard InChI is InChI=1S/C12H12BrFN2O/c1-2-16-6-5-15-12(16)11(17)9-4-3-8(14)7-10(9)13/h3-7,11,17H,2H2,1H3. The van der Waals surface area contributed by atoms with Crippen molar-refractivity contribution in [3.05, 3.63) is 52.3 Å². The van der Waals surface area contributed by atoms with Gasteiger partial charge >= 0.3 is 0 Å². The monoisotopic (exact) mass is 298 g/mol. The van der Waals surface area contributed by atoms with E-state index in [-0.39, 0.29) is 5.82 Å². The fourth-order valence-electron chi connectivity index (χ4n) is 1.70. The molecular weight excluding hydrogens is 287 g/mol. The van der Waals surface area contributed by atoms with E-state index in [0.717, 1.165) is 6.54 Å². The van der Waals surface area contributed by atoms with E-state index in [4.69, 9.17) is 0 Å². The summed E-state index contributed by atoms with van der Waals surface area (Å²) in [7, 11) is 0. The number of rotatable bonds is 3. The summed E-state index contributed by atoms with van der Waals surface area (Å²) in [6, 6.07) is 4.21. The van der Waals surface area contributed by atoms with Gasteiger partial charge in [0, 0.05) is 29.0 Å². The molecule has 5 heteroatoms. The van der Waals surface area contributed by atoms with Crippen molar-refractivity contribution in [1.29, 1.82) is 0 Å². The first kappa shape index (κ1) is 12.3. The van der Waals surface area contributed by atoms with Crippen LogP contribution in [0.2, 0.25) is 0 Å². The van der Waals surface area contributed by atoms with Gasteiger partial charge in [0.05, 0.1) is 0 Å². The van der Waals surface area contributed by atoms with Crippen molar-refractivity contribution in [3.63, 3.8) is 0 Å². The Morgan fingerprint density at radius 3 is 2.94 bits per heavy atom. The zero-order valence-corrected chi connectivity index (χ0v) is 10.9. The molecule has 0 saturated carbocycles. The maximum Gasteiger partial charge on any atom is 0.142 e. The van der Waals surface area contributed by atoms with Crippen LogP contribution in [0.5, 0.6) is 0 Å². The van der Waals surface area contributed by atoms with Gasteiger partial charge in [-0.05, 0) is 19.1 Å². The molecule has 0 spiro atoms. The first-order chi connectivity index (χ1) is 8.13. The summed E-state index contributed by atoms with van der Waals surface area (Å²) in [5.41, 5.74) is 0.604. The first-order valence-corrected chi connectivity index (χ1v) is 6.06. The fourth-order valence-corrected chi connectivity index (χ4v) is 2.27. The lowest BCUT2D eigenvalue weighted by Crippen LogP contribution is -2.09. The molecule has 0 radical (unpaired) electrons. The number of aliphatic hydroxyl groups excluding tert-OH is 1. The van der Waals surface area contributed by atoms with E-state index in [2.05, 4.69) is 20.9 Å². The van der Waals surface area contributed by atoms with Crippen LogP contribution in [0.4, 0.5) is 4.39 Å². The highest BCUT2D eigenvalue weighted by atomic mass is 79.9. The van der Waals surface area contributed by atoms with E-state index in [9.17, 15) is 9.50 Å². The summed E-state index contributed by atoms with van der Waals surface area (Å²) in [5.74, 6) is 0.214. The first-order valence-electron chi connectivity index (χ1n) is 5.27. The highest BCUT2D eigenvalue weighted by Crippen LogP contribution is 2.28. The lowest BCUT2D eigenvalue weighted by atomic mass is 10.1. The molecule has 0 bridgehead atoms. The second kappa shape index (κ2) is 4.98. The SMILES string of the molecule is CCn1ccnc1C(O)c1ccc(F)cc1Br. The topological polar surface area (TPSA) is 38.0 Å². The molecule has 1 heterocycles. The number of aliphatic hydroxyl groups is 1. The largest absolute Gasteiger partial charge is 0.380 e. The molecular formula is C12H12BrFN2O. The molecule has 1 atom stereocenters. The Kier molecular flexibility index (Phi) is 3.59. The van der Waals surface area contributed by atoms with Crippen LogP contribution in [-0.2, 0) is 6.54 Å². The van der Waals surface area contributed by atoms with Crippen LogP contribution in [0.15, 0.2) is 35.1 Å². The Bertz CT molecular complexity index is 527. The van der Waals surface area contributed by atoms with Crippen molar-refractivity contribution < 1.29 is 9.50 Å². The van der Waals surface area contributed by atoms with Gasteiger partial charge in [0.15, 0.2) is 0 Å². The molecule has 0 aliphatic rings. The summed E-state index contributed by atoms with van der Waals surface area (Å²) in [5, 5.41) is 10.2. The Balaban J connectivity index is 2.40. The molecule has 3 nitrogen and oxygen atoms in total. The number of imidazole rings is 1. The van der Waals surface area contributed by atoms with Gasteiger partial charge in [-0.3, -0.25) is 0 Å². The highest BCUT2D eigenvalue weighted by Gasteiger charge is 2.18. The van der Waals surface area contributed by atoms with Crippen LogP contribution < -0.4 is 0 Å². The molecule has 1 aromatic heterocycles. The summed E-state index contributed by atoms with van der Waals surface area (Å²) < 4.78 is 15.4. The molecule has 90 valence electrons. The van der Waals surface area contributed by atoms with Crippen LogP contribution in [0.3, 0.4) is 0 Å². The van der Waals surface area contributed by atoms with Crippen LogP contribution >= 0.6 is 15.9 Å². The fraction of sp³-hybridized carbons (Fsp3) is 0.250. The molecule has 17 heavy (non-hydrogen) atoms. The van der Waals surface area contributed by atoms with E-state index >= 15 is 0 Å². The molecule has 1 unspecified atom stereocenters. The van der Waals surface area contributed by atoms with Gasteiger partial charge in [0.25, 0.3) is 0 Å². The van der Waals surface area contributed by atoms with E-state index in [1.807, 2.05) is 11.5 Å². The molecule has 0 aliphatic heterocycles. The molecule has 0 aliphatic carbocycles. The number of nitrogens with zero attached hydrogens (tertiary/aromatic N) is 2.